The lowest BCUT2D eigenvalue weighted by atomic mass is 10.1. The largest absolute Gasteiger partial charge is 0.293 e. The molecule has 0 radical (unpaired) electrons. The second kappa shape index (κ2) is 3.08. The quantitative estimate of drug-likeness (QED) is 0.741. The maximum Gasteiger partial charge on any atom is 0.293 e. The van der Waals surface area contributed by atoms with Crippen LogP contribution in [0, 0.1) is 5.92 Å². The van der Waals surface area contributed by atoms with Crippen LogP contribution in [0.5, 0.6) is 0 Å². The molecule has 0 saturated heterocycles. The molecular formula is C12H14F4N2. The van der Waals surface area contributed by atoms with Gasteiger partial charge in [0.25, 0.3) is 11.8 Å². The predicted molar refractivity (Wildman–Crippen MR) is 56.9 cm³/mol. The Morgan fingerprint density at radius 2 is 2.00 bits per heavy atom. The topological polar surface area (TPSA) is 17.8 Å². The first-order chi connectivity index (χ1) is 8.15. The molecule has 1 fully saturated rings. The molecule has 100 valence electrons. The van der Waals surface area contributed by atoms with Crippen molar-refractivity contribution in [3.05, 3.63) is 17.0 Å². The third-order valence-corrected chi connectivity index (χ3v) is 3.79. The zero-order chi connectivity index (χ0) is 13.5. The Morgan fingerprint density at radius 3 is 2.50 bits per heavy atom. The summed E-state index contributed by atoms with van der Waals surface area (Å²) in [6.07, 6.45) is 0.298. The van der Waals surface area contributed by atoms with Gasteiger partial charge in [0.15, 0.2) is 0 Å². The monoisotopic (exact) mass is 262 g/mol. The summed E-state index contributed by atoms with van der Waals surface area (Å²) in [6, 6.07) is -0.349. The van der Waals surface area contributed by atoms with Crippen LogP contribution in [0.4, 0.5) is 17.6 Å². The molecule has 0 N–H and O–H groups in total. The Kier molecular flexibility index (Phi) is 2.05. The zero-order valence-corrected chi connectivity index (χ0v) is 10.3. The van der Waals surface area contributed by atoms with E-state index in [0.717, 1.165) is 4.68 Å². The summed E-state index contributed by atoms with van der Waals surface area (Å²) >= 11 is 0. The van der Waals surface area contributed by atoms with Gasteiger partial charge < -0.3 is 0 Å². The van der Waals surface area contributed by atoms with E-state index >= 15 is 0 Å². The summed E-state index contributed by atoms with van der Waals surface area (Å²) in [7, 11) is 0. The van der Waals surface area contributed by atoms with E-state index in [-0.39, 0.29) is 17.3 Å². The van der Waals surface area contributed by atoms with E-state index < -0.39 is 29.4 Å². The van der Waals surface area contributed by atoms with Gasteiger partial charge in [-0.15, -0.1) is 0 Å². The van der Waals surface area contributed by atoms with Crippen molar-refractivity contribution in [2.75, 3.05) is 0 Å². The van der Waals surface area contributed by atoms with Crippen molar-refractivity contribution in [2.24, 2.45) is 5.92 Å². The Hall–Kier alpha value is -1.07. The van der Waals surface area contributed by atoms with Crippen molar-refractivity contribution < 1.29 is 17.6 Å². The lowest BCUT2D eigenvalue weighted by Crippen LogP contribution is -2.21. The van der Waals surface area contributed by atoms with E-state index in [1.165, 1.54) is 0 Å². The number of rotatable bonds is 2. The minimum atomic E-state index is -3.17. The van der Waals surface area contributed by atoms with Gasteiger partial charge in [-0.25, -0.2) is 0 Å². The van der Waals surface area contributed by atoms with Crippen LogP contribution >= 0.6 is 0 Å². The Balaban J connectivity index is 2.26. The van der Waals surface area contributed by atoms with Gasteiger partial charge in [0.2, 0.25) is 0 Å². The van der Waals surface area contributed by atoms with Crippen LogP contribution in [0.1, 0.15) is 56.1 Å². The highest BCUT2D eigenvalue weighted by Gasteiger charge is 2.67. The van der Waals surface area contributed by atoms with Crippen molar-refractivity contribution in [1.29, 1.82) is 0 Å². The van der Waals surface area contributed by atoms with Gasteiger partial charge >= 0.3 is 0 Å². The van der Waals surface area contributed by atoms with E-state index in [1.54, 1.807) is 13.8 Å². The summed E-state index contributed by atoms with van der Waals surface area (Å²) in [5, 5.41) is 3.76. The van der Waals surface area contributed by atoms with Gasteiger partial charge in [-0.05, 0) is 26.2 Å². The van der Waals surface area contributed by atoms with E-state index in [9.17, 15) is 17.6 Å². The highest BCUT2D eigenvalue weighted by molar-refractivity contribution is 5.47. The van der Waals surface area contributed by atoms with Gasteiger partial charge in [0.1, 0.15) is 11.4 Å². The number of halogens is 4. The molecule has 2 aliphatic rings. The molecule has 6 heteroatoms. The summed E-state index contributed by atoms with van der Waals surface area (Å²) in [5.74, 6) is -7.40. The second-order valence-corrected chi connectivity index (χ2v) is 5.61. The third-order valence-electron chi connectivity index (χ3n) is 3.79. The molecule has 18 heavy (non-hydrogen) atoms. The van der Waals surface area contributed by atoms with Gasteiger partial charge in [-0.1, -0.05) is 0 Å². The van der Waals surface area contributed by atoms with Gasteiger partial charge in [-0.2, -0.15) is 22.7 Å². The van der Waals surface area contributed by atoms with Crippen LogP contribution in [0.2, 0.25) is 0 Å². The van der Waals surface area contributed by atoms with Crippen LogP contribution in [0.15, 0.2) is 0 Å². The number of alkyl halides is 4. The van der Waals surface area contributed by atoms with Gasteiger partial charge in [0.05, 0.1) is 0 Å². The first kappa shape index (κ1) is 12.0. The highest BCUT2D eigenvalue weighted by Crippen LogP contribution is 2.68. The van der Waals surface area contributed by atoms with Crippen molar-refractivity contribution in [3.8, 4) is 0 Å². The van der Waals surface area contributed by atoms with Crippen LogP contribution in [-0.4, -0.2) is 9.78 Å². The molecule has 0 aromatic carbocycles. The first-order valence-corrected chi connectivity index (χ1v) is 6.04. The average Bonchev–Trinajstić information content (AvgIpc) is 2.82. The molecule has 0 unspecified atom stereocenters. The maximum absolute atomic E-state index is 14.1. The molecule has 2 aliphatic carbocycles. The molecule has 1 heterocycles. The fraction of sp³-hybridized carbons (Fsp3) is 0.750. The van der Waals surface area contributed by atoms with Crippen molar-refractivity contribution in [1.82, 2.24) is 9.78 Å². The highest BCUT2D eigenvalue weighted by atomic mass is 19.3. The zero-order valence-electron chi connectivity index (χ0n) is 10.3. The SMILES string of the molecule is CC(C)n1nc(C(C)(F)F)c2c1C(F)(F)[C@@H]1C[C@H]21. The molecular weight excluding hydrogens is 248 g/mol. The minimum absolute atomic E-state index is 0.103. The Labute approximate surface area is 102 Å². The van der Waals surface area contributed by atoms with E-state index in [2.05, 4.69) is 5.10 Å². The maximum atomic E-state index is 14.1. The average molecular weight is 262 g/mol. The fourth-order valence-electron chi connectivity index (χ4n) is 2.92. The molecule has 1 saturated carbocycles. The van der Waals surface area contributed by atoms with Crippen LogP contribution in [0.25, 0.3) is 0 Å². The molecule has 1 aromatic heterocycles. The summed E-state index contributed by atoms with van der Waals surface area (Å²) in [5.41, 5.74) is -0.641. The molecule has 0 bridgehead atoms. The van der Waals surface area contributed by atoms with Crippen LogP contribution in [0.3, 0.4) is 0 Å². The van der Waals surface area contributed by atoms with Crippen molar-refractivity contribution >= 4 is 0 Å². The Morgan fingerprint density at radius 1 is 1.39 bits per heavy atom. The first-order valence-electron chi connectivity index (χ1n) is 6.04. The fourth-order valence-corrected chi connectivity index (χ4v) is 2.92. The molecule has 2 atom stereocenters. The molecule has 0 amide bonds. The van der Waals surface area contributed by atoms with E-state index in [0.29, 0.717) is 13.3 Å². The Bertz CT molecular complexity index is 513. The van der Waals surface area contributed by atoms with E-state index in [1.807, 2.05) is 0 Å². The lowest BCUT2D eigenvalue weighted by molar-refractivity contribution is -0.0321. The summed E-state index contributed by atoms with van der Waals surface area (Å²) < 4.78 is 56.3. The van der Waals surface area contributed by atoms with Crippen LogP contribution < -0.4 is 0 Å². The van der Waals surface area contributed by atoms with Crippen LogP contribution in [-0.2, 0) is 11.8 Å². The van der Waals surface area contributed by atoms with Gasteiger partial charge in [0, 0.05) is 24.4 Å². The predicted octanol–water partition coefficient (Wildman–Crippen LogP) is 3.78. The third kappa shape index (κ3) is 1.32. The normalized spacial score (nSPS) is 28.4. The molecule has 3 rings (SSSR count). The van der Waals surface area contributed by atoms with Gasteiger partial charge in [-0.3, -0.25) is 4.68 Å². The molecule has 0 spiro atoms. The molecule has 2 nitrogen and oxygen atoms in total. The number of fused-ring (bicyclic) bond motifs is 3. The number of nitrogens with zero attached hydrogens (tertiary/aromatic N) is 2. The smallest absolute Gasteiger partial charge is 0.260 e. The summed E-state index contributed by atoms with van der Waals surface area (Å²) in [6.45, 7) is 4.06. The number of hydrogen-bond donors (Lipinski definition) is 0. The molecule has 1 aromatic rings. The minimum Gasteiger partial charge on any atom is -0.260 e. The number of aromatic nitrogens is 2. The lowest BCUT2D eigenvalue weighted by Gasteiger charge is -2.17. The molecule has 0 aliphatic heterocycles. The van der Waals surface area contributed by atoms with Crippen molar-refractivity contribution in [2.45, 2.75) is 51.0 Å². The number of hydrogen-bond acceptors (Lipinski definition) is 1. The standard InChI is InChI=1S/C12H14F4N2/c1-5(2)18-10-8(9(17-18)11(3,13)14)6-4-7(6)12(10,15)16/h5-7H,4H2,1-3H3/t6-,7+/m0/s1. The second-order valence-electron chi connectivity index (χ2n) is 5.61. The summed E-state index contributed by atoms with van der Waals surface area (Å²) in [4.78, 5) is 0. The van der Waals surface area contributed by atoms with Crippen molar-refractivity contribution in [3.63, 3.8) is 0 Å². The van der Waals surface area contributed by atoms with E-state index in [4.69, 9.17) is 0 Å².